The Morgan fingerprint density at radius 1 is 1.12 bits per heavy atom. The van der Waals surface area contributed by atoms with Gasteiger partial charge < -0.3 is 4.90 Å². The van der Waals surface area contributed by atoms with Gasteiger partial charge in [0.2, 0.25) is 5.91 Å². The van der Waals surface area contributed by atoms with Gasteiger partial charge in [0, 0.05) is 51.2 Å². The Kier molecular flexibility index (Phi) is 5.39. The first-order chi connectivity index (χ1) is 11.7. The molecule has 0 saturated carbocycles. The average molecular weight is 321 g/mol. The summed E-state index contributed by atoms with van der Waals surface area (Å²) in [5.41, 5.74) is 3.54. The maximum atomic E-state index is 12.3. The highest BCUT2D eigenvalue weighted by Crippen LogP contribution is 2.10. The fourth-order valence-corrected chi connectivity index (χ4v) is 2.92. The van der Waals surface area contributed by atoms with Crippen LogP contribution in [-0.2, 0) is 11.3 Å². The first-order valence-electron chi connectivity index (χ1n) is 8.35. The number of rotatable bonds is 4. The van der Waals surface area contributed by atoms with Crippen molar-refractivity contribution in [2.45, 2.75) is 13.5 Å². The maximum absolute atomic E-state index is 12.3. The summed E-state index contributed by atoms with van der Waals surface area (Å²) in [5.74, 6) is 0.0973. The summed E-state index contributed by atoms with van der Waals surface area (Å²) in [6, 6.07) is 12.3. The number of hydrogen-bond donors (Lipinski definition) is 0. The van der Waals surface area contributed by atoms with Crippen LogP contribution in [0.15, 0.2) is 54.9 Å². The van der Waals surface area contributed by atoms with E-state index in [1.165, 1.54) is 11.1 Å². The van der Waals surface area contributed by atoms with E-state index in [-0.39, 0.29) is 5.91 Å². The van der Waals surface area contributed by atoms with Crippen molar-refractivity contribution in [1.29, 1.82) is 0 Å². The SMILES string of the molecule is Cc1cccc(/C=C/C(=O)N2CCN(Cc3ccncc3)CC2)c1. The lowest BCUT2D eigenvalue weighted by Crippen LogP contribution is -2.47. The van der Waals surface area contributed by atoms with E-state index >= 15 is 0 Å². The number of pyridine rings is 1. The standard InChI is InChI=1S/C20H23N3O/c1-17-3-2-4-18(15-17)5-6-20(24)23-13-11-22(12-14-23)16-19-7-9-21-10-8-19/h2-10,15H,11-14,16H2,1H3/b6-5+. The first kappa shape index (κ1) is 16.4. The summed E-state index contributed by atoms with van der Waals surface area (Å²) in [6.07, 6.45) is 7.24. The number of carbonyl (C=O) groups excluding carboxylic acids is 1. The minimum Gasteiger partial charge on any atom is -0.337 e. The summed E-state index contributed by atoms with van der Waals surface area (Å²) in [4.78, 5) is 20.7. The Morgan fingerprint density at radius 3 is 2.58 bits per heavy atom. The molecule has 1 amide bonds. The van der Waals surface area contributed by atoms with Crippen LogP contribution in [0.5, 0.6) is 0 Å². The highest BCUT2D eigenvalue weighted by atomic mass is 16.2. The lowest BCUT2D eigenvalue weighted by molar-refractivity contribution is -0.127. The van der Waals surface area contributed by atoms with Gasteiger partial charge in [-0.1, -0.05) is 29.8 Å². The fourth-order valence-electron chi connectivity index (χ4n) is 2.92. The molecule has 0 spiro atoms. The summed E-state index contributed by atoms with van der Waals surface area (Å²) in [5, 5.41) is 0. The molecule has 1 aliphatic heterocycles. The van der Waals surface area contributed by atoms with E-state index in [1.807, 2.05) is 47.6 Å². The van der Waals surface area contributed by atoms with Crippen molar-refractivity contribution in [3.8, 4) is 0 Å². The quantitative estimate of drug-likeness (QED) is 0.813. The summed E-state index contributed by atoms with van der Waals surface area (Å²) in [6.45, 7) is 6.35. The van der Waals surface area contributed by atoms with Gasteiger partial charge in [0.15, 0.2) is 0 Å². The second-order valence-electron chi connectivity index (χ2n) is 6.20. The van der Waals surface area contributed by atoms with Gasteiger partial charge >= 0.3 is 0 Å². The highest BCUT2D eigenvalue weighted by Gasteiger charge is 2.19. The van der Waals surface area contributed by atoms with Crippen LogP contribution in [-0.4, -0.2) is 46.9 Å². The fraction of sp³-hybridized carbons (Fsp3) is 0.300. The Balaban J connectivity index is 1.50. The van der Waals surface area contributed by atoms with Gasteiger partial charge in [-0.05, 0) is 36.3 Å². The van der Waals surface area contributed by atoms with Crippen LogP contribution in [0.2, 0.25) is 0 Å². The molecule has 3 rings (SSSR count). The molecule has 0 unspecified atom stereocenters. The minimum absolute atomic E-state index is 0.0973. The molecule has 0 bridgehead atoms. The minimum atomic E-state index is 0.0973. The zero-order valence-electron chi connectivity index (χ0n) is 14.1. The van der Waals surface area contributed by atoms with Crippen molar-refractivity contribution >= 4 is 12.0 Å². The monoisotopic (exact) mass is 321 g/mol. The topological polar surface area (TPSA) is 36.4 Å². The smallest absolute Gasteiger partial charge is 0.246 e. The number of benzene rings is 1. The lowest BCUT2D eigenvalue weighted by Gasteiger charge is -2.34. The van der Waals surface area contributed by atoms with E-state index in [0.29, 0.717) is 0 Å². The number of carbonyl (C=O) groups is 1. The Bertz CT molecular complexity index is 704. The molecular formula is C20H23N3O. The lowest BCUT2D eigenvalue weighted by atomic mass is 10.1. The molecule has 2 aromatic rings. The van der Waals surface area contributed by atoms with Crippen LogP contribution in [0.4, 0.5) is 0 Å². The van der Waals surface area contributed by atoms with E-state index in [2.05, 4.69) is 28.9 Å². The van der Waals surface area contributed by atoms with Crippen molar-refractivity contribution in [1.82, 2.24) is 14.8 Å². The Labute approximate surface area is 143 Å². The molecule has 0 aliphatic carbocycles. The van der Waals surface area contributed by atoms with E-state index in [4.69, 9.17) is 0 Å². The molecule has 124 valence electrons. The van der Waals surface area contributed by atoms with Crippen molar-refractivity contribution in [2.24, 2.45) is 0 Å². The average Bonchev–Trinajstić information content (AvgIpc) is 2.61. The van der Waals surface area contributed by atoms with E-state index in [9.17, 15) is 4.79 Å². The van der Waals surface area contributed by atoms with Gasteiger partial charge in [-0.15, -0.1) is 0 Å². The van der Waals surface area contributed by atoms with Crippen molar-refractivity contribution in [3.05, 3.63) is 71.6 Å². The summed E-state index contributed by atoms with van der Waals surface area (Å²) < 4.78 is 0. The first-order valence-corrected chi connectivity index (χ1v) is 8.35. The largest absolute Gasteiger partial charge is 0.337 e. The van der Waals surface area contributed by atoms with Crippen LogP contribution in [0.1, 0.15) is 16.7 Å². The Morgan fingerprint density at radius 2 is 1.88 bits per heavy atom. The van der Waals surface area contributed by atoms with E-state index in [1.54, 1.807) is 6.08 Å². The maximum Gasteiger partial charge on any atom is 0.246 e. The van der Waals surface area contributed by atoms with Crippen LogP contribution < -0.4 is 0 Å². The van der Waals surface area contributed by atoms with Crippen LogP contribution in [0.25, 0.3) is 6.08 Å². The van der Waals surface area contributed by atoms with Gasteiger partial charge in [0.1, 0.15) is 0 Å². The number of nitrogens with zero attached hydrogens (tertiary/aromatic N) is 3. The predicted molar refractivity (Wildman–Crippen MR) is 96.3 cm³/mol. The number of amides is 1. The molecule has 0 N–H and O–H groups in total. The molecule has 1 fully saturated rings. The van der Waals surface area contributed by atoms with Crippen molar-refractivity contribution in [3.63, 3.8) is 0 Å². The second-order valence-corrected chi connectivity index (χ2v) is 6.20. The van der Waals surface area contributed by atoms with Crippen molar-refractivity contribution < 1.29 is 4.79 Å². The zero-order valence-corrected chi connectivity index (χ0v) is 14.1. The van der Waals surface area contributed by atoms with Crippen molar-refractivity contribution in [2.75, 3.05) is 26.2 Å². The van der Waals surface area contributed by atoms with Crippen LogP contribution in [0, 0.1) is 6.92 Å². The molecule has 0 atom stereocenters. The number of aryl methyl sites for hydroxylation is 1. The Hall–Kier alpha value is -2.46. The molecule has 4 nitrogen and oxygen atoms in total. The summed E-state index contributed by atoms with van der Waals surface area (Å²) in [7, 11) is 0. The molecule has 1 saturated heterocycles. The van der Waals surface area contributed by atoms with Gasteiger partial charge in [-0.25, -0.2) is 0 Å². The van der Waals surface area contributed by atoms with Gasteiger partial charge in [0.25, 0.3) is 0 Å². The predicted octanol–water partition coefficient (Wildman–Crippen LogP) is 2.75. The molecule has 0 radical (unpaired) electrons. The molecule has 24 heavy (non-hydrogen) atoms. The molecular weight excluding hydrogens is 298 g/mol. The van der Waals surface area contributed by atoms with Gasteiger partial charge in [0.05, 0.1) is 0 Å². The zero-order chi connectivity index (χ0) is 16.8. The van der Waals surface area contributed by atoms with Gasteiger partial charge in [-0.3, -0.25) is 14.7 Å². The second kappa shape index (κ2) is 7.88. The molecule has 1 aromatic carbocycles. The third-order valence-electron chi connectivity index (χ3n) is 4.30. The molecule has 4 heteroatoms. The number of hydrogen-bond acceptors (Lipinski definition) is 3. The molecule has 1 aliphatic rings. The normalized spacial score (nSPS) is 15.8. The molecule has 1 aromatic heterocycles. The highest BCUT2D eigenvalue weighted by molar-refractivity contribution is 5.91. The third-order valence-corrected chi connectivity index (χ3v) is 4.30. The van der Waals surface area contributed by atoms with E-state index < -0.39 is 0 Å². The van der Waals surface area contributed by atoms with Crippen LogP contribution in [0.3, 0.4) is 0 Å². The summed E-state index contributed by atoms with van der Waals surface area (Å²) >= 11 is 0. The van der Waals surface area contributed by atoms with Crippen LogP contribution >= 0.6 is 0 Å². The third kappa shape index (κ3) is 4.52. The van der Waals surface area contributed by atoms with Gasteiger partial charge in [-0.2, -0.15) is 0 Å². The number of aromatic nitrogens is 1. The van der Waals surface area contributed by atoms with E-state index in [0.717, 1.165) is 38.3 Å². The molecule has 2 heterocycles. The number of piperazine rings is 1.